The third-order valence-corrected chi connectivity index (χ3v) is 5.94. The largest absolute Gasteiger partial charge is 0.477 e. The fourth-order valence-electron chi connectivity index (χ4n) is 3.66. The number of nitrogens with zero attached hydrogens (tertiary/aromatic N) is 3. The minimum Gasteiger partial charge on any atom is -0.477 e. The Morgan fingerprint density at radius 3 is 2.14 bits per heavy atom. The van der Waals surface area contributed by atoms with E-state index in [4.69, 9.17) is 0 Å². The number of carbonyl (C=O) groups is 1. The summed E-state index contributed by atoms with van der Waals surface area (Å²) in [7, 11) is -1.60. The molecule has 0 bridgehead atoms. The molecule has 0 spiro atoms. The summed E-state index contributed by atoms with van der Waals surface area (Å²) in [4.78, 5) is 16.4. The van der Waals surface area contributed by atoms with Gasteiger partial charge in [-0.05, 0) is 49.2 Å². The maximum Gasteiger partial charge on any atom is 0.353 e. The molecule has 0 fully saturated rings. The first kappa shape index (κ1) is 20.0. The summed E-state index contributed by atoms with van der Waals surface area (Å²) in [5, 5.41) is 13.6. The van der Waals surface area contributed by atoms with Crippen LogP contribution in [0.25, 0.3) is 5.57 Å². The van der Waals surface area contributed by atoms with Crippen LogP contribution < -0.4 is 0 Å². The molecule has 0 amide bonds. The Kier molecular flexibility index (Phi) is 5.27. The molecular formula is C20H23N3O4S. The van der Waals surface area contributed by atoms with Gasteiger partial charge in [0.2, 0.25) is 0 Å². The molecule has 7 nitrogen and oxygen atoms in total. The molecule has 1 aromatic carbocycles. The lowest BCUT2D eigenvalue weighted by atomic mass is 9.92. The van der Waals surface area contributed by atoms with E-state index in [1.807, 2.05) is 31.0 Å². The van der Waals surface area contributed by atoms with Gasteiger partial charge in [-0.3, -0.25) is 4.98 Å². The summed E-state index contributed by atoms with van der Waals surface area (Å²) in [5.74, 6) is -1.04. The number of rotatable bonds is 5. The van der Waals surface area contributed by atoms with Gasteiger partial charge in [-0.25, -0.2) is 18.2 Å². The van der Waals surface area contributed by atoms with Crippen LogP contribution in [-0.2, 0) is 14.6 Å². The van der Waals surface area contributed by atoms with Crippen LogP contribution in [0.4, 0.5) is 0 Å². The SMILES string of the molecule is CC(C)N1C(c2ccncc2)C(c2ccc(S(C)(=O)=O)cc2)=C(C(=O)O)N1C. The second kappa shape index (κ2) is 7.37. The number of aromatic nitrogens is 1. The molecule has 3 rings (SSSR count). The quantitative estimate of drug-likeness (QED) is 0.823. The second-order valence-electron chi connectivity index (χ2n) is 7.04. The van der Waals surface area contributed by atoms with Gasteiger partial charge in [-0.2, -0.15) is 0 Å². The van der Waals surface area contributed by atoms with Gasteiger partial charge >= 0.3 is 5.97 Å². The number of hydrogen-bond acceptors (Lipinski definition) is 6. The van der Waals surface area contributed by atoms with Crippen molar-refractivity contribution in [2.24, 2.45) is 0 Å². The topological polar surface area (TPSA) is 90.8 Å². The fraction of sp³-hybridized carbons (Fsp3) is 0.300. The van der Waals surface area contributed by atoms with Crippen molar-refractivity contribution in [3.8, 4) is 0 Å². The van der Waals surface area contributed by atoms with Crippen molar-refractivity contribution in [2.75, 3.05) is 13.3 Å². The predicted octanol–water partition coefficient (Wildman–Crippen LogP) is 2.59. The predicted molar refractivity (Wildman–Crippen MR) is 106 cm³/mol. The number of carboxylic acid groups (broad SMARTS) is 1. The molecule has 1 unspecified atom stereocenters. The number of hydrogen-bond donors (Lipinski definition) is 1. The third-order valence-electron chi connectivity index (χ3n) is 4.81. The first-order valence-corrected chi connectivity index (χ1v) is 10.7. The lowest BCUT2D eigenvalue weighted by Crippen LogP contribution is -2.42. The Labute approximate surface area is 164 Å². The Bertz CT molecular complexity index is 1020. The average Bonchev–Trinajstić information content (AvgIpc) is 2.95. The van der Waals surface area contributed by atoms with Crippen LogP contribution in [-0.4, -0.2) is 53.8 Å². The average molecular weight is 401 g/mol. The van der Waals surface area contributed by atoms with E-state index < -0.39 is 15.8 Å². The summed E-state index contributed by atoms with van der Waals surface area (Å²) in [6, 6.07) is 9.79. The smallest absolute Gasteiger partial charge is 0.353 e. The molecule has 1 aromatic heterocycles. The van der Waals surface area contributed by atoms with E-state index in [0.29, 0.717) is 11.1 Å². The first-order valence-electron chi connectivity index (χ1n) is 8.82. The number of hydrazine groups is 1. The monoisotopic (exact) mass is 401 g/mol. The maximum absolute atomic E-state index is 12.1. The molecule has 8 heteroatoms. The van der Waals surface area contributed by atoms with E-state index >= 15 is 0 Å². The van der Waals surface area contributed by atoms with Gasteiger partial charge in [0, 0.05) is 37.3 Å². The van der Waals surface area contributed by atoms with Crippen molar-refractivity contribution in [1.29, 1.82) is 0 Å². The van der Waals surface area contributed by atoms with E-state index in [0.717, 1.165) is 11.8 Å². The molecule has 0 saturated carbocycles. The van der Waals surface area contributed by atoms with E-state index in [9.17, 15) is 18.3 Å². The Morgan fingerprint density at radius 2 is 1.68 bits per heavy atom. The highest BCUT2D eigenvalue weighted by atomic mass is 32.2. The third kappa shape index (κ3) is 3.53. The summed E-state index contributed by atoms with van der Waals surface area (Å²) >= 11 is 0. The van der Waals surface area contributed by atoms with Gasteiger partial charge in [0.15, 0.2) is 9.84 Å². The molecule has 148 valence electrons. The van der Waals surface area contributed by atoms with Crippen LogP contribution in [0.3, 0.4) is 0 Å². The number of sulfone groups is 1. The van der Waals surface area contributed by atoms with Crippen molar-refractivity contribution in [1.82, 2.24) is 15.0 Å². The summed E-state index contributed by atoms with van der Waals surface area (Å²) < 4.78 is 23.6. The highest BCUT2D eigenvalue weighted by molar-refractivity contribution is 7.90. The van der Waals surface area contributed by atoms with Crippen molar-refractivity contribution in [3.05, 3.63) is 65.6 Å². The zero-order valence-corrected chi connectivity index (χ0v) is 17.0. The molecule has 1 atom stereocenters. The Balaban J connectivity index is 2.24. The van der Waals surface area contributed by atoms with Crippen molar-refractivity contribution in [3.63, 3.8) is 0 Å². The van der Waals surface area contributed by atoms with Crippen LogP contribution >= 0.6 is 0 Å². The fourth-order valence-corrected chi connectivity index (χ4v) is 4.29. The Hall–Kier alpha value is -2.71. The molecule has 1 aliphatic heterocycles. The zero-order chi connectivity index (χ0) is 20.6. The zero-order valence-electron chi connectivity index (χ0n) is 16.2. The van der Waals surface area contributed by atoms with Gasteiger partial charge in [-0.1, -0.05) is 12.1 Å². The molecule has 0 radical (unpaired) electrons. The van der Waals surface area contributed by atoms with Crippen molar-refractivity contribution >= 4 is 21.4 Å². The highest BCUT2D eigenvalue weighted by Gasteiger charge is 2.42. The van der Waals surface area contributed by atoms with E-state index in [2.05, 4.69) is 4.98 Å². The molecule has 28 heavy (non-hydrogen) atoms. The minimum absolute atomic E-state index is 0.0327. The van der Waals surface area contributed by atoms with Crippen molar-refractivity contribution < 1.29 is 18.3 Å². The molecule has 1 N–H and O–H groups in total. The summed E-state index contributed by atoms with van der Waals surface area (Å²) in [6.07, 6.45) is 4.50. The number of aliphatic carboxylic acids is 1. The van der Waals surface area contributed by atoms with Crippen LogP contribution in [0.15, 0.2) is 59.4 Å². The molecule has 2 heterocycles. The van der Waals surface area contributed by atoms with Gasteiger partial charge < -0.3 is 10.1 Å². The highest BCUT2D eigenvalue weighted by Crippen LogP contribution is 2.45. The number of likely N-dealkylation sites (N-methyl/N-ethyl adjacent to an activating group) is 1. The normalized spacial score (nSPS) is 18.2. The molecule has 1 aliphatic rings. The maximum atomic E-state index is 12.1. The van der Waals surface area contributed by atoms with Crippen LogP contribution in [0.5, 0.6) is 0 Å². The van der Waals surface area contributed by atoms with Gasteiger partial charge in [-0.15, -0.1) is 0 Å². The first-order chi connectivity index (χ1) is 13.1. The van der Waals surface area contributed by atoms with Crippen LogP contribution in [0, 0.1) is 0 Å². The second-order valence-corrected chi connectivity index (χ2v) is 9.06. The number of pyridine rings is 1. The van der Waals surface area contributed by atoms with Gasteiger partial charge in [0.05, 0.1) is 10.9 Å². The summed E-state index contributed by atoms with van der Waals surface area (Å²) in [6.45, 7) is 4.00. The summed E-state index contributed by atoms with van der Waals surface area (Å²) in [5.41, 5.74) is 2.37. The number of carboxylic acids is 1. The number of benzene rings is 1. The molecule has 0 aliphatic carbocycles. The molecule has 0 saturated heterocycles. The van der Waals surface area contributed by atoms with Gasteiger partial charge in [0.25, 0.3) is 0 Å². The molecular weight excluding hydrogens is 378 g/mol. The van der Waals surface area contributed by atoms with Crippen LogP contribution in [0.2, 0.25) is 0 Å². The van der Waals surface area contributed by atoms with E-state index in [-0.39, 0.29) is 22.7 Å². The van der Waals surface area contributed by atoms with Gasteiger partial charge in [0.1, 0.15) is 5.70 Å². The van der Waals surface area contributed by atoms with E-state index in [1.165, 1.54) is 12.1 Å². The lowest BCUT2D eigenvalue weighted by molar-refractivity contribution is -0.136. The van der Waals surface area contributed by atoms with E-state index in [1.54, 1.807) is 36.6 Å². The standard InChI is InChI=1S/C20H23N3O4S/c1-13(2)23-18(15-9-11-21-12-10-15)17(19(20(24)25)22(23)3)14-5-7-16(8-6-14)28(4,26)27/h5-13,18H,1-4H3,(H,24,25). The lowest BCUT2D eigenvalue weighted by Gasteiger charge is -2.36. The minimum atomic E-state index is -3.34. The Morgan fingerprint density at radius 1 is 1.11 bits per heavy atom. The van der Waals surface area contributed by atoms with Crippen LogP contribution in [0.1, 0.15) is 31.0 Å². The van der Waals surface area contributed by atoms with Crippen molar-refractivity contribution in [2.45, 2.75) is 30.8 Å². The molecule has 2 aromatic rings.